The Kier molecular flexibility index (Phi) is 5.35. The summed E-state index contributed by atoms with van der Waals surface area (Å²) >= 11 is 0. The summed E-state index contributed by atoms with van der Waals surface area (Å²) in [7, 11) is 0. The fourth-order valence-electron chi connectivity index (χ4n) is 4.05. The van der Waals surface area contributed by atoms with Gasteiger partial charge in [-0.05, 0) is 62.1 Å². The van der Waals surface area contributed by atoms with Gasteiger partial charge >= 0.3 is 0 Å². The van der Waals surface area contributed by atoms with E-state index >= 15 is 0 Å². The van der Waals surface area contributed by atoms with Crippen LogP contribution in [0.15, 0.2) is 48.5 Å². The van der Waals surface area contributed by atoms with Crippen molar-refractivity contribution < 1.29 is 0 Å². The number of aryl methyl sites for hydroxylation is 2. The molecule has 140 valence electrons. The molecule has 1 fully saturated rings. The first kappa shape index (κ1) is 17.9. The molecule has 1 saturated carbocycles. The van der Waals surface area contributed by atoms with Gasteiger partial charge in [-0.25, -0.2) is 4.98 Å². The van der Waals surface area contributed by atoms with E-state index in [-0.39, 0.29) is 0 Å². The molecule has 1 aliphatic carbocycles. The molecule has 0 atom stereocenters. The minimum absolute atomic E-state index is 0.570. The third-order valence-electron chi connectivity index (χ3n) is 5.66. The second-order valence-corrected chi connectivity index (χ2v) is 7.76. The second-order valence-electron chi connectivity index (χ2n) is 7.76. The maximum absolute atomic E-state index is 4.37. The maximum atomic E-state index is 4.37. The molecule has 0 amide bonds. The van der Waals surface area contributed by atoms with E-state index in [4.69, 9.17) is 0 Å². The molecule has 2 aromatic carbocycles. The van der Waals surface area contributed by atoms with Gasteiger partial charge in [0.05, 0.1) is 6.54 Å². The van der Waals surface area contributed by atoms with Crippen molar-refractivity contribution in [3.05, 3.63) is 71.3 Å². The van der Waals surface area contributed by atoms with Gasteiger partial charge in [0.1, 0.15) is 5.82 Å². The number of aromatic nitrogens is 3. The van der Waals surface area contributed by atoms with Crippen LogP contribution < -0.4 is 5.32 Å². The predicted molar refractivity (Wildman–Crippen MR) is 110 cm³/mol. The lowest BCUT2D eigenvalue weighted by Crippen LogP contribution is -2.32. The number of hydrogen-bond donors (Lipinski definition) is 2. The first-order chi connectivity index (χ1) is 13.2. The highest BCUT2D eigenvalue weighted by atomic mass is 15.2. The minimum atomic E-state index is 0.570. The van der Waals surface area contributed by atoms with Gasteiger partial charge in [0.15, 0.2) is 5.82 Å². The van der Waals surface area contributed by atoms with Crippen LogP contribution in [0.25, 0.3) is 11.1 Å². The van der Waals surface area contributed by atoms with Crippen LogP contribution in [0.3, 0.4) is 0 Å². The number of nitrogens with zero attached hydrogens (tertiary/aromatic N) is 2. The van der Waals surface area contributed by atoms with E-state index in [1.54, 1.807) is 0 Å². The average Bonchev–Trinajstić information content (AvgIpc) is 3.13. The summed E-state index contributed by atoms with van der Waals surface area (Å²) in [6.07, 6.45) is 4.90. The van der Waals surface area contributed by atoms with Gasteiger partial charge in [0.2, 0.25) is 0 Å². The van der Waals surface area contributed by atoms with Gasteiger partial charge in [-0.3, -0.25) is 5.10 Å². The van der Waals surface area contributed by atoms with E-state index in [0.717, 1.165) is 18.2 Å². The SMILES string of the molecule is Cc1ccc(-c2cccc(C3CCC(NCc4n[nH]c(C)n4)CC3)c2)cc1. The van der Waals surface area contributed by atoms with Gasteiger partial charge in [-0.1, -0.05) is 54.1 Å². The first-order valence-electron chi connectivity index (χ1n) is 9.95. The molecule has 1 heterocycles. The average molecular weight is 361 g/mol. The molecule has 0 aliphatic heterocycles. The van der Waals surface area contributed by atoms with E-state index in [0.29, 0.717) is 12.0 Å². The van der Waals surface area contributed by atoms with Crippen LogP contribution in [0.4, 0.5) is 0 Å². The second kappa shape index (κ2) is 8.05. The van der Waals surface area contributed by atoms with Crippen molar-refractivity contribution in [1.29, 1.82) is 0 Å². The number of rotatable bonds is 5. The number of nitrogens with one attached hydrogen (secondary N) is 2. The van der Waals surface area contributed by atoms with Crippen molar-refractivity contribution >= 4 is 0 Å². The lowest BCUT2D eigenvalue weighted by atomic mass is 9.81. The molecular formula is C23H28N4. The lowest BCUT2D eigenvalue weighted by Gasteiger charge is -2.29. The van der Waals surface area contributed by atoms with Crippen LogP contribution in [0.5, 0.6) is 0 Å². The molecule has 1 aliphatic rings. The monoisotopic (exact) mass is 360 g/mol. The fourth-order valence-corrected chi connectivity index (χ4v) is 4.05. The van der Waals surface area contributed by atoms with Gasteiger partial charge < -0.3 is 5.32 Å². The van der Waals surface area contributed by atoms with Crippen LogP contribution in [-0.4, -0.2) is 21.2 Å². The topological polar surface area (TPSA) is 53.6 Å². The predicted octanol–water partition coefficient (Wildman–Crippen LogP) is 4.90. The molecule has 0 unspecified atom stereocenters. The highest BCUT2D eigenvalue weighted by molar-refractivity contribution is 5.64. The molecule has 2 N–H and O–H groups in total. The van der Waals surface area contributed by atoms with Crippen LogP contribution in [0.1, 0.15) is 54.4 Å². The van der Waals surface area contributed by atoms with E-state index in [1.165, 1.54) is 47.9 Å². The van der Waals surface area contributed by atoms with Gasteiger partial charge in [0.25, 0.3) is 0 Å². The number of hydrogen-bond acceptors (Lipinski definition) is 3. The molecule has 0 bridgehead atoms. The smallest absolute Gasteiger partial charge is 0.164 e. The molecule has 3 aromatic rings. The third-order valence-corrected chi connectivity index (χ3v) is 5.66. The maximum Gasteiger partial charge on any atom is 0.164 e. The Morgan fingerprint density at radius 2 is 1.74 bits per heavy atom. The van der Waals surface area contributed by atoms with Crippen molar-refractivity contribution in [2.45, 2.75) is 58.0 Å². The molecule has 0 spiro atoms. The van der Waals surface area contributed by atoms with Crippen molar-refractivity contribution in [1.82, 2.24) is 20.5 Å². The Hall–Kier alpha value is -2.46. The van der Waals surface area contributed by atoms with Crippen molar-refractivity contribution in [3.8, 4) is 11.1 Å². The Balaban J connectivity index is 1.35. The van der Waals surface area contributed by atoms with Crippen molar-refractivity contribution in [3.63, 3.8) is 0 Å². The zero-order valence-corrected chi connectivity index (χ0v) is 16.2. The largest absolute Gasteiger partial charge is 0.307 e. The van der Waals surface area contributed by atoms with Crippen LogP contribution in [0, 0.1) is 13.8 Å². The highest BCUT2D eigenvalue weighted by Crippen LogP contribution is 2.34. The summed E-state index contributed by atoms with van der Waals surface area (Å²) in [6, 6.07) is 18.5. The molecule has 4 nitrogen and oxygen atoms in total. The zero-order valence-electron chi connectivity index (χ0n) is 16.2. The molecule has 27 heavy (non-hydrogen) atoms. The molecular weight excluding hydrogens is 332 g/mol. The Morgan fingerprint density at radius 1 is 0.963 bits per heavy atom. The molecule has 4 rings (SSSR count). The molecule has 0 saturated heterocycles. The van der Waals surface area contributed by atoms with Crippen molar-refractivity contribution in [2.24, 2.45) is 0 Å². The van der Waals surface area contributed by atoms with Gasteiger partial charge in [-0.15, -0.1) is 0 Å². The van der Waals surface area contributed by atoms with E-state index < -0.39 is 0 Å². The fraction of sp³-hybridized carbons (Fsp3) is 0.391. The van der Waals surface area contributed by atoms with Crippen LogP contribution >= 0.6 is 0 Å². The summed E-state index contributed by atoms with van der Waals surface area (Å²) in [6.45, 7) is 4.82. The lowest BCUT2D eigenvalue weighted by molar-refractivity contribution is 0.339. The zero-order chi connectivity index (χ0) is 18.6. The summed E-state index contributed by atoms with van der Waals surface area (Å²) in [5.41, 5.74) is 5.42. The Bertz CT molecular complexity index is 873. The summed E-state index contributed by atoms with van der Waals surface area (Å²) in [4.78, 5) is 4.37. The molecule has 1 aromatic heterocycles. The Morgan fingerprint density at radius 3 is 2.44 bits per heavy atom. The third kappa shape index (κ3) is 4.45. The first-order valence-corrected chi connectivity index (χ1v) is 9.95. The standard InChI is InChI=1S/C23H28N4/c1-16-6-8-18(9-7-16)20-4-3-5-21(14-20)19-10-12-22(13-11-19)24-15-23-25-17(2)26-27-23/h3-9,14,19,22,24H,10-13,15H2,1-2H3,(H,25,26,27). The summed E-state index contributed by atoms with van der Waals surface area (Å²) in [5, 5.41) is 10.7. The summed E-state index contributed by atoms with van der Waals surface area (Å²) < 4.78 is 0. The quantitative estimate of drug-likeness (QED) is 0.680. The van der Waals surface area contributed by atoms with E-state index in [1.807, 2.05) is 6.92 Å². The summed E-state index contributed by atoms with van der Waals surface area (Å²) in [5.74, 6) is 2.41. The minimum Gasteiger partial charge on any atom is -0.307 e. The highest BCUT2D eigenvalue weighted by Gasteiger charge is 2.22. The Labute approximate surface area is 161 Å². The normalized spacial score (nSPS) is 19.9. The van der Waals surface area contributed by atoms with E-state index in [2.05, 4.69) is 76.0 Å². The number of benzene rings is 2. The molecule has 0 radical (unpaired) electrons. The van der Waals surface area contributed by atoms with Crippen LogP contribution in [0.2, 0.25) is 0 Å². The van der Waals surface area contributed by atoms with Crippen molar-refractivity contribution in [2.75, 3.05) is 0 Å². The molecule has 4 heteroatoms. The van der Waals surface area contributed by atoms with E-state index in [9.17, 15) is 0 Å². The van der Waals surface area contributed by atoms with Gasteiger partial charge in [-0.2, -0.15) is 5.10 Å². The number of H-pyrrole nitrogens is 1. The van der Waals surface area contributed by atoms with Gasteiger partial charge in [0, 0.05) is 6.04 Å². The number of aromatic amines is 1. The van der Waals surface area contributed by atoms with Crippen LogP contribution in [-0.2, 0) is 6.54 Å².